The van der Waals surface area contributed by atoms with Crippen LogP contribution in [0.4, 0.5) is 4.79 Å². The SMILES string of the molecule is COc1cccc(CCNC(=O)N2CCN(Cc3ccccc3OC)CC2)c1. The number of carbonyl (C=O) groups is 1. The molecule has 0 unspecified atom stereocenters. The number of methoxy groups -OCH3 is 2. The van der Waals surface area contributed by atoms with Crippen LogP contribution in [0.1, 0.15) is 11.1 Å². The number of rotatable bonds is 7. The summed E-state index contributed by atoms with van der Waals surface area (Å²) >= 11 is 0. The van der Waals surface area contributed by atoms with E-state index < -0.39 is 0 Å². The van der Waals surface area contributed by atoms with Crippen LogP contribution in [0.3, 0.4) is 0 Å². The molecule has 6 nitrogen and oxygen atoms in total. The zero-order valence-corrected chi connectivity index (χ0v) is 16.7. The molecular weight excluding hydrogens is 354 g/mol. The second-order valence-electron chi connectivity index (χ2n) is 6.91. The summed E-state index contributed by atoms with van der Waals surface area (Å²) < 4.78 is 10.7. The van der Waals surface area contributed by atoms with Gasteiger partial charge in [-0.3, -0.25) is 4.90 Å². The molecule has 6 heteroatoms. The smallest absolute Gasteiger partial charge is 0.317 e. The van der Waals surface area contributed by atoms with Gasteiger partial charge in [-0.2, -0.15) is 0 Å². The lowest BCUT2D eigenvalue weighted by Gasteiger charge is -2.34. The van der Waals surface area contributed by atoms with Crippen LogP contribution < -0.4 is 14.8 Å². The minimum atomic E-state index is 0.0137. The molecule has 1 heterocycles. The van der Waals surface area contributed by atoms with E-state index in [2.05, 4.69) is 16.3 Å². The molecule has 0 atom stereocenters. The summed E-state index contributed by atoms with van der Waals surface area (Å²) in [6, 6.07) is 16.1. The fraction of sp³-hybridized carbons (Fsp3) is 0.409. The van der Waals surface area contributed by atoms with E-state index in [1.54, 1.807) is 14.2 Å². The standard InChI is InChI=1S/C22H29N3O3/c1-27-20-8-5-6-18(16-20)10-11-23-22(26)25-14-12-24(13-15-25)17-19-7-3-4-9-21(19)28-2/h3-9,16H,10-15,17H2,1-2H3,(H,23,26). The van der Waals surface area contributed by atoms with Crippen LogP contribution in [0.15, 0.2) is 48.5 Å². The average Bonchev–Trinajstić information content (AvgIpc) is 2.74. The molecule has 150 valence electrons. The van der Waals surface area contributed by atoms with Gasteiger partial charge in [0.15, 0.2) is 0 Å². The van der Waals surface area contributed by atoms with Crippen molar-refractivity contribution in [3.05, 3.63) is 59.7 Å². The van der Waals surface area contributed by atoms with Crippen LogP contribution in [-0.2, 0) is 13.0 Å². The molecule has 0 aromatic heterocycles. The summed E-state index contributed by atoms with van der Waals surface area (Å²) in [4.78, 5) is 16.7. The third kappa shape index (κ3) is 5.39. The van der Waals surface area contributed by atoms with Crippen molar-refractivity contribution in [1.29, 1.82) is 0 Å². The Balaban J connectivity index is 1.41. The van der Waals surface area contributed by atoms with Crippen LogP contribution in [0.25, 0.3) is 0 Å². The average molecular weight is 383 g/mol. The van der Waals surface area contributed by atoms with Crippen LogP contribution >= 0.6 is 0 Å². The first-order valence-corrected chi connectivity index (χ1v) is 9.69. The second kappa shape index (κ2) is 9.99. The number of para-hydroxylation sites is 1. The van der Waals surface area contributed by atoms with Crippen molar-refractivity contribution in [3.8, 4) is 11.5 Å². The molecule has 1 N–H and O–H groups in total. The van der Waals surface area contributed by atoms with E-state index >= 15 is 0 Å². The summed E-state index contributed by atoms with van der Waals surface area (Å²) in [5.41, 5.74) is 2.34. The van der Waals surface area contributed by atoms with Crippen molar-refractivity contribution in [1.82, 2.24) is 15.1 Å². The number of hydrogen-bond acceptors (Lipinski definition) is 4. The number of urea groups is 1. The van der Waals surface area contributed by atoms with E-state index in [0.29, 0.717) is 6.54 Å². The number of nitrogens with one attached hydrogen (secondary N) is 1. The Labute approximate surface area is 167 Å². The molecule has 1 saturated heterocycles. The molecule has 0 bridgehead atoms. The number of hydrogen-bond donors (Lipinski definition) is 1. The van der Waals surface area contributed by atoms with Crippen molar-refractivity contribution in [3.63, 3.8) is 0 Å². The maximum absolute atomic E-state index is 12.4. The third-order valence-electron chi connectivity index (χ3n) is 5.07. The zero-order chi connectivity index (χ0) is 19.8. The first-order valence-electron chi connectivity index (χ1n) is 9.69. The number of benzene rings is 2. The van der Waals surface area contributed by atoms with Gasteiger partial charge < -0.3 is 19.7 Å². The number of ether oxygens (including phenoxy) is 2. The van der Waals surface area contributed by atoms with Crippen molar-refractivity contribution in [2.45, 2.75) is 13.0 Å². The van der Waals surface area contributed by atoms with E-state index in [9.17, 15) is 4.79 Å². The molecular formula is C22H29N3O3. The number of piperazine rings is 1. The summed E-state index contributed by atoms with van der Waals surface area (Å²) in [5, 5.41) is 3.03. The van der Waals surface area contributed by atoms with E-state index in [1.165, 1.54) is 5.56 Å². The van der Waals surface area contributed by atoms with Crippen molar-refractivity contribution < 1.29 is 14.3 Å². The molecule has 2 amide bonds. The van der Waals surface area contributed by atoms with Crippen molar-refractivity contribution >= 4 is 6.03 Å². The fourth-order valence-corrected chi connectivity index (χ4v) is 3.44. The molecule has 1 aliphatic rings. The first kappa shape index (κ1) is 20.0. The van der Waals surface area contributed by atoms with Crippen molar-refractivity contribution in [2.24, 2.45) is 0 Å². The Hall–Kier alpha value is -2.73. The molecule has 0 radical (unpaired) electrons. The van der Waals surface area contributed by atoms with Crippen LogP contribution in [0.2, 0.25) is 0 Å². The second-order valence-corrected chi connectivity index (χ2v) is 6.91. The topological polar surface area (TPSA) is 54.0 Å². The number of carbonyl (C=O) groups excluding carboxylic acids is 1. The summed E-state index contributed by atoms with van der Waals surface area (Å²) in [6.07, 6.45) is 0.788. The van der Waals surface area contributed by atoms with Gasteiger partial charge in [-0.25, -0.2) is 4.79 Å². The number of nitrogens with zero attached hydrogens (tertiary/aromatic N) is 2. The highest BCUT2D eigenvalue weighted by atomic mass is 16.5. The summed E-state index contributed by atoms with van der Waals surface area (Å²) in [6.45, 7) is 4.66. The maximum atomic E-state index is 12.4. The van der Waals surface area contributed by atoms with Gasteiger partial charge in [-0.1, -0.05) is 30.3 Å². The minimum Gasteiger partial charge on any atom is -0.497 e. The van der Waals surface area contributed by atoms with Gasteiger partial charge >= 0.3 is 6.03 Å². The van der Waals surface area contributed by atoms with E-state index in [4.69, 9.17) is 9.47 Å². The molecule has 2 aromatic carbocycles. The number of amides is 2. The van der Waals surface area contributed by atoms with E-state index in [1.807, 2.05) is 47.4 Å². The molecule has 0 aliphatic carbocycles. The quantitative estimate of drug-likeness (QED) is 0.799. The van der Waals surface area contributed by atoms with Gasteiger partial charge in [0.05, 0.1) is 14.2 Å². The van der Waals surface area contributed by atoms with Crippen LogP contribution in [0, 0.1) is 0 Å². The van der Waals surface area contributed by atoms with E-state index in [-0.39, 0.29) is 6.03 Å². The Morgan fingerprint density at radius 1 is 1.00 bits per heavy atom. The maximum Gasteiger partial charge on any atom is 0.317 e. The molecule has 2 aromatic rings. The molecule has 28 heavy (non-hydrogen) atoms. The minimum absolute atomic E-state index is 0.0137. The Bertz CT molecular complexity index is 773. The Morgan fingerprint density at radius 3 is 2.54 bits per heavy atom. The molecule has 0 saturated carbocycles. The lowest BCUT2D eigenvalue weighted by molar-refractivity contribution is 0.134. The van der Waals surface area contributed by atoms with Gasteiger partial charge in [0, 0.05) is 44.8 Å². The van der Waals surface area contributed by atoms with Gasteiger partial charge in [0.1, 0.15) is 11.5 Å². The van der Waals surface area contributed by atoms with Gasteiger partial charge in [-0.05, 0) is 30.2 Å². The van der Waals surface area contributed by atoms with Crippen molar-refractivity contribution in [2.75, 3.05) is 46.9 Å². The van der Waals surface area contributed by atoms with Crippen LogP contribution in [0.5, 0.6) is 11.5 Å². The summed E-state index contributed by atoms with van der Waals surface area (Å²) in [7, 11) is 3.36. The summed E-state index contributed by atoms with van der Waals surface area (Å²) in [5.74, 6) is 1.76. The highest BCUT2D eigenvalue weighted by molar-refractivity contribution is 5.74. The highest BCUT2D eigenvalue weighted by Crippen LogP contribution is 2.20. The van der Waals surface area contributed by atoms with E-state index in [0.717, 1.165) is 56.2 Å². The normalized spacial score (nSPS) is 14.6. The van der Waals surface area contributed by atoms with Gasteiger partial charge in [-0.15, -0.1) is 0 Å². The molecule has 1 fully saturated rings. The molecule has 0 spiro atoms. The van der Waals surface area contributed by atoms with Gasteiger partial charge in [0.2, 0.25) is 0 Å². The Kier molecular flexibility index (Phi) is 7.14. The van der Waals surface area contributed by atoms with Crippen LogP contribution in [-0.4, -0.2) is 62.8 Å². The Morgan fingerprint density at radius 2 is 1.79 bits per heavy atom. The lowest BCUT2D eigenvalue weighted by Crippen LogP contribution is -2.51. The first-order chi connectivity index (χ1) is 13.7. The largest absolute Gasteiger partial charge is 0.497 e. The van der Waals surface area contributed by atoms with Gasteiger partial charge in [0.25, 0.3) is 0 Å². The fourth-order valence-electron chi connectivity index (χ4n) is 3.44. The predicted octanol–water partition coefficient (Wildman–Crippen LogP) is 2.77. The predicted molar refractivity (Wildman–Crippen MR) is 110 cm³/mol. The zero-order valence-electron chi connectivity index (χ0n) is 16.7. The molecule has 1 aliphatic heterocycles. The lowest BCUT2D eigenvalue weighted by atomic mass is 10.1. The highest BCUT2D eigenvalue weighted by Gasteiger charge is 2.21. The molecule has 3 rings (SSSR count). The third-order valence-corrected chi connectivity index (χ3v) is 5.07. The monoisotopic (exact) mass is 383 g/mol.